The van der Waals surface area contributed by atoms with Crippen LogP contribution in [0.25, 0.3) is 0 Å². The molecule has 6 heteroatoms. The lowest BCUT2D eigenvalue weighted by molar-refractivity contribution is 0.0957. The molecule has 2 aromatic rings. The van der Waals surface area contributed by atoms with E-state index in [1.165, 1.54) is 17.7 Å². The Balaban J connectivity index is 1.67. The van der Waals surface area contributed by atoms with Crippen molar-refractivity contribution in [2.75, 3.05) is 6.54 Å². The van der Waals surface area contributed by atoms with E-state index < -0.39 is 0 Å². The molecule has 2 aromatic heterocycles. The van der Waals surface area contributed by atoms with E-state index in [0.717, 1.165) is 23.5 Å². The number of carbonyl (C=O) groups excluding carboxylic acids is 1. The van der Waals surface area contributed by atoms with Crippen LogP contribution in [0.1, 0.15) is 21.9 Å². The maximum Gasteiger partial charge on any atom is 0.261 e. The largest absolute Gasteiger partial charge is 0.351 e. The predicted octanol–water partition coefficient (Wildman–Crippen LogP) is 1.23. The quantitative estimate of drug-likeness (QED) is 0.767. The van der Waals surface area contributed by atoms with Crippen LogP contribution in [0.2, 0.25) is 0 Å². The van der Waals surface area contributed by atoms with E-state index in [-0.39, 0.29) is 5.91 Å². The van der Waals surface area contributed by atoms with Gasteiger partial charge >= 0.3 is 0 Å². The molecule has 2 N–H and O–H groups in total. The Hall–Kier alpha value is -1.69. The number of aromatic amines is 1. The molecule has 0 saturated carbocycles. The van der Waals surface area contributed by atoms with Gasteiger partial charge in [0.15, 0.2) is 0 Å². The molecule has 1 amide bonds. The lowest BCUT2D eigenvalue weighted by atomic mass is 10.3. The SMILES string of the molecule is O=C(NCCCc1ncn[nH]1)c1cccs1. The van der Waals surface area contributed by atoms with Crippen molar-refractivity contribution in [1.29, 1.82) is 0 Å². The summed E-state index contributed by atoms with van der Waals surface area (Å²) in [6.07, 6.45) is 3.14. The fraction of sp³-hybridized carbons (Fsp3) is 0.300. The summed E-state index contributed by atoms with van der Waals surface area (Å²) in [7, 11) is 0. The molecule has 0 aliphatic carbocycles. The van der Waals surface area contributed by atoms with Crippen LogP contribution in [0.3, 0.4) is 0 Å². The van der Waals surface area contributed by atoms with Crippen LogP contribution in [0.5, 0.6) is 0 Å². The van der Waals surface area contributed by atoms with Crippen molar-refractivity contribution in [2.24, 2.45) is 0 Å². The first-order valence-electron chi connectivity index (χ1n) is 5.02. The van der Waals surface area contributed by atoms with Crippen molar-refractivity contribution in [3.8, 4) is 0 Å². The lowest BCUT2D eigenvalue weighted by Gasteiger charge is -2.01. The van der Waals surface area contributed by atoms with E-state index in [2.05, 4.69) is 20.5 Å². The molecule has 0 aromatic carbocycles. The topological polar surface area (TPSA) is 70.7 Å². The summed E-state index contributed by atoms with van der Waals surface area (Å²) in [5, 5.41) is 11.3. The van der Waals surface area contributed by atoms with Crippen molar-refractivity contribution < 1.29 is 4.79 Å². The number of thiophene rings is 1. The number of hydrogen-bond acceptors (Lipinski definition) is 4. The Bertz CT molecular complexity index is 424. The van der Waals surface area contributed by atoms with Crippen LogP contribution in [-0.2, 0) is 6.42 Å². The Kier molecular flexibility index (Phi) is 3.66. The first-order chi connectivity index (χ1) is 7.86. The number of nitrogens with one attached hydrogen (secondary N) is 2. The number of carbonyl (C=O) groups is 1. The highest BCUT2D eigenvalue weighted by atomic mass is 32.1. The highest BCUT2D eigenvalue weighted by molar-refractivity contribution is 7.12. The molecule has 0 unspecified atom stereocenters. The molecule has 0 saturated heterocycles. The molecule has 16 heavy (non-hydrogen) atoms. The van der Waals surface area contributed by atoms with E-state index in [1.54, 1.807) is 0 Å². The molecule has 84 valence electrons. The summed E-state index contributed by atoms with van der Waals surface area (Å²) in [6, 6.07) is 3.69. The fourth-order valence-corrected chi connectivity index (χ4v) is 1.94. The minimum Gasteiger partial charge on any atom is -0.351 e. The summed E-state index contributed by atoms with van der Waals surface area (Å²) in [5.74, 6) is 0.845. The number of H-pyrrole nitrogens is 1. The fourth-order valence-electron chi connectivity index (χ4n) is 1.30. The van der Waals surface area contributed by atoms with Gasteiger partial charge in [0.1, 0.15) is 12.2 Å². The van der Waals surface area contributed by atoms with E-state index in [1.807, 2.05) is 17.5 Å². The number of rotatable bonds is 5. The monoisotopic (exact) mass is 236 g/mol. The first kappa shape index (κ1) is 10.8. The number of aromatic nitrogens is 3. The van der Waals surface area contributed by atoms with Gasteiger partial charge in [-0.05, 0) is 17.9 Å². The van der Waals surface area contributed by atoms with Crippen molar-refractivity contribution >= 4 is 17.2 Å². The summed E-state index contributed by atoms with van der Waals surface area (Å²) >= 11 is 1.45. The van der Waals surface area contributed by atoms with Crippen molar-refractivity contribution in [1.82, 2.24) is 20.5 Å². The van der Waals surface area contributed by atoms with Crippen LogP contribution in [0.4, 0.5) is 0 Å². The van der Waals surface area contributed by atoms with Crippen LogP contribution in [0.15, 0.2) is 23.8 Å². The number of aryl methyl sites for hydroxylation is 1. The van der Waals surface area contributed by atoms with Crippen molar-refractivity contribution in [2.45, 2.75) is 12.8 Å². The summed E-state index contributed by atoms with van der Waals surface area (Å²) < 4.78 is 0. The van der Waals surface area contributed by atoms with Gasteiger partial charge in [-0.1, -0.05) is 6.07 Å². The Morgan fingerprint density at radius 1 is 1.56 bits per heavy atom. The normalized spacial score (nSPS) is 10.2. The van der Waals surface area contributed by atoms with Gasteiger partial charge in [0.2, 0.25) is 0 Å². The highest BCUT2D eigenvalue weighted by Crippen LogP contribution is 2.07. The van der Waals surface area contributed by atoms with Gasteiger partial charge in [0, 0.05) is 13.0 Å². The number of nitrogens with zero attached hydrogens (tertiary/aromatic N) is 2. The molecule has 0 aliphatic heterocycles. The third-order valence-corrected chi connectivity index (χ3v) is 2.95. The summed E-state index contributed by atoms with van der Waals surface area (Å²) in [4.78, 5) is 16.3. The van der Waals surface area contributed by atoms with Gasteiger partial charge in [0.05, 0.1) is 4.88 Å². The van der Waals surface area contributed by atoms with E-state index in [9.17, 15) is 4.79 Å². The predicted molar refractivity (Wildman–Crippen MR) is 61.4 cm³/mol. The zero-order chi connectivity index (χ0) is 11.2. The van der Waals surface area contributed by atoms with Gasteiger partial charge in [0.25, 0.3) is 5.91 Å². The van der Waals surface area contributed by atoms with Gasteiger partial charge < -0.3 is 5.32 Å². The number of amides is 1. The smallest absolute Gasteiger partial charge is 0.261 e. The molecule has 0 fully saturated rings. The first-order valence-corrected chi connectivity index (χ1v) is 5.90. The molecule has 0 spiro atoms. The third kappa shape index (κ3) is 2.90. The van der Waals surface area contributed by atoms with Crippen molar-refractivity contribution in [3.63, 3.8) is 0 Å². The molecule has 2 rings (SSSR count). The van der Waals surface area contributed by atoms with Crippen LogP contribution in [0, 0.1) is 0 Å². The van der Waals surface area contributed by atoms with Gasteiger partial charge in [-0.2, -0.15) is 5.10 Å². The van der Waals surface area contributed by atoms with E-state index in [4.69, 9.17) is 0 Å². The molecule has 0 bridgehead atoms. The lowest BCUT2D eigenvalue weighted by Crippen LogP contribution is -2.23. The maximum atomic E-state index is 11.5. The minimum atomic E-state index is -0.00688. The number of hydrogen-bond donors (Lipinski definition) is 2. The van der Waals surface area contributed by atoms with Crippen LogP contribution >= 0.6 is 11.3 Å². The average molecular weight is 236 g/mol. The highest BCUT2D eigenvalue weighted by Gasteiger charge is 2.04. The average Bonchev–Trinajstić information content (AvgIpc) is 2.96. The molecule has 2 heterocycles. The van der Waals surface area contributed by atoms with Gasteiger partial charge in [-0.15, -0.1) is 11.3 Å². The molecule has 0 aliphatic rings. The molecular formula is C10H12N4OS. The second-order valence-electron chi connectivity index (χ2n) is 3.27. The standard InChI is InChI=1S/C10H12N4OS/c15-10(8-3-2-6-16-8)11-5-1-4-9-12-7-13-14-9/h2-3,6-7H,1,4-5H2,(H,11,15)(H,12,13,14). The molecular weight excluding hydrogens is 224 g/mol. The Morgan fingerprint density at radius 3 is 3.19 bits per heavy atom. The van der Waals surface area contributed by atoms with E-state index >= 15 is 0 Å². The zero-order valence-corrected chi connectivity index (χ0v) is 9.46. The van der Waals surface area contributed by atoms with Crippen LogP contribution in [-0.4, -0.2) is 27.6 Å². The second-order valence-corrected chi connectivity index (χ2v) is 4.22. The minimum absolute atomic E-state index is 0.00688. The molecule has 0 atom stereocenters. The summed E-state index contributed by atoms with van der Waals surface area (Å²) in [5.41, 5.74) is 0. The third-order valence-electron chi connectivity index (χ3n) is 2.09. The molecule has 5 nitrogen and oxygen atoms in total. The van der Waals surface area contributed by atoms with Gasteiger partial charge in [-0.3, -0.25) is 9.89 Å². The van der Waals surface area contributed by atoms with E-state index in [0.29, 0.717) is 6.54 Å². The van der Waals surface area contributed by atoms with Crippen LogP contribution < -0.4 is 5.32 Å². The maximum absolute atomic E-state index is 11.5. The molecule has 0 radical (unpaired) electrons. The second kappa shape index (κ2) is 5.41. The zero-order valence-electron chi connectivity index (χ0n) is 8.64. The summed E-state index contributed by atoms with van der Waals surface area (Å²) in [6.45, 7) is 0.650. The Labute approximate surface area is 96.9 Å². The van der Waals surface area contributed by atoms with Gasteiger partial charge in [-0.25, -0.2) is 4.98 Å². The Morgan fingerprint density at radius 2 is 2.50 bits per heavy atom. The van der Waals surface area contributed by atoms with Crippen molar-refractivity contribution in [3.05, 3.63) is 34.5 Å².